The third kappa shape index (κ3) is 4.14. The standard InChI is InChI=1S/C16H23BrN2O/c1-3-13(2)19-9-7-18(8-10-19)12-16(20)14-5-4-6-15(17)11-14/h4-6,11,13H,3,7-10,12H2,1-2H3. The van der Waals surface area contributed by atoms with Gasteiger partial charge in [-0.2, -0.15) is 0 Å². The van der Waals surface area contributed by atoms with Crippen LogP contribution in [0.5, 0.6) is 0 Å². The summed E-state index contributed by atoms with van der Waals surface area (Å²) < 4.78 is 0.963. The van der Waals surface area contributed by atoms with E-state index < -0.39 is 0 Å². The summed E-state index contributed by atoms with van der Waals surface area (Å²) in [5, 5.41) is 0. The van der Waals surface area contributed by atoms with Crippen molar-refractivity contribution in [1.29, 1.82) is 0 Å². The topological polar surface area (TPSA) is 23.6 Å². The van der Waals surface area contributed by atoms with Gasteiger partial charge in [0.05, 0.1) is 6.54 Å². The van der Waals surface area contributed by atoms with Gasteiger partial charge in [0, 0.05) is 42.3 Å². The van der Waals surface area contributed by atoms with Gasteiger partial charge in [-0.15, -0.1) is 0 Å². The molecule has 1 heterocycles. The van der Waals surface area contributed by atoms with E-state index in [2.05, 4.69) is 39.6 Å². The number of rotatable bonds is 5. The quantitative estimate of drug-likeness (QED) is 0.771. The molecule has 1 aromatic rings. The Balaban J connectivity index is 1.85. The molecule has 0 amide bonds. The van der Waals surface area contributed by atoms with Crippen LogP contribution < -0.4 is 0 Å². The SMILES string of the molecule is CCC(C)N1CCN(CC(=O)c2cccc(Br)c2)CC1. The van der Waals surface area contributed by atoms with E-state index >= 15 is 0 Å². The lowest BCUT2D eigenvalue weighted by Crippen LogP contribution is -2.50. The Kier molecular flexibility index (Phi) is 5.75. The van der Waals surface area contributed by atoms with Gasteiger partial charge >= 0.3 is 0 Å². The maximum absolute atomic E-state index is 12.3. The van der Waals surface area contributed by atoms with Crippen molar-refractivity contribution in [2.24, 2.45) is 0 Å². The predicted octanol–water partition coefficient (Wildman–Crippen LogP) is 3.05. The van der Waals surface area contributed by atoms with Crippen LogP contribution in [-0.4, -0.2) is 54.3 Å². The highest BCUT2D eigenvalue weighted by Crippen LogP contribution is 2.14. The van der Waals surface area contributed by atoms with Gasteiger partial charge in [-0.1, -0.05) is 35.0 Å². The number of nitrogens with zero attached hydrogens (tertiary/aromatic N) is 2. The van der Waals surface area contributed by atoms with Gasteiger partial charge in [0.1, 0.15) is 0 Å². The number of carbonyl (C=O) groups is 1. The molecule has 20 heavy (non-hydrogen) atoms. The van der Waals surface area contributed by atoms with Gasteiger partial charge in [0.2, 0.25) is 0 Å². The van der Waals surface area contributed by atoms with Crippen LogP contribution in [0, 0.1) is 0 Å². The van der Waals surface area contributed by atoms with Crippen molar-refractivity contribution < 1.29 is 4.79 Å². The molecule has 1 fully saturated rings. The molecule has 1 aromatic carbocycles. The summed E-state index contributed by atoms with van der Waals surface area (Å²) in [6, 6.07) is 8.30. The van der Waals surface area contributed by atoms with Gasteiger partial charge in [0.25, 0.3) is 0 Å². The molecule has 0 N–H and O–H groups in total. The normalized spacial score (nSPS) is 18.9. The zero-order valence-corrected chi connectivity index (χ0v) is 13.9. The van der Waals surface area contributed by atoms with Crippen molar-refractivity contribution in [3.05, 3.63) is 34.3 Å². The Labute approximate surface area is 130 Å². The lowest BCUT2D eigenvalue weighted by molar-refractivity contribution is 0.0784. The molecule has 0 radical (unpaired) electrons. The Bertz CT molecular complexity index is 456. The van der Waals surface area contributed by atoms with Gasteiger partial charge < -0.3 is 0 Å². The van der Waals surface area contributed by atoms with E-state index in [9.17, 15) is 4.79 Å². The molecule has 1 atom stereocenters. The maximum Gasteiger partial charge on any atom is 0.176 e. The molecule has 1 aliphatic heterocycles. The number of carbonyl (C=O) groups excluding carboxylic acids is 1. The fourth-order valence-corrected chi connectivity index (χ4v) is 2.98. The first-order valence-corrected chi connectivity index (χ1v) is 8.14. The molecule has 1 aliphatic rings. The first-order chi connectivity index (χ1) is 9.60. The van der Waals surface area contributed by atoms with Crippen LogP contribution in [0.15, 0.2) is 28.7 Å². The molecule has 4 heteroatoms. The van der Waals surface area contributed by atoms with E-state index in [0.717, 1.165) is 36.2 Å². The molecule has 0 bridgehead atoms. The number of Topliss-reactive ketones (excluding diaryl/α,β-unsaturated/α-hetero) is 1. The van der Waals surface area contributed by atoms with Crippen molar-refractivity contribution in [2.45, 2.75) is 26.3 Å². The van der Waals surface area contributed by atoms with Crippen LogP contribution in [0.3, 0.4) is 0 Å². The van der Waals surface area contributed by atoms with E-state index in [1.54, 1.807) is 0 Å². The first kappa shape index (κ1) is 15.7. The van der Waals surface area contributed by atoms with Gasteiger partial charge in [-0.05, 0) is 25.5 Å². The Hall–Kier alpha value is -0.710. The Morgan fingerprint density at radius 3 is 2.60 bits per heavy atom. The zero-order valence-electron chi connectivity index (χ0n) is 12.3. The highest BCUT2D eigenvalue weighted by Gasteiger charge is 2.21. The third-order valence-corrected chi connectivity index (χ3v) is 4.63. The van der Waals surface area contributed by atoms with Crippen molar-refractivity contribution in [3.63, 3.8) is 0 Å². The van der Waals surface area contributed by atoms with Crippen molar-refractivity contribution in [2.75, 3.05) is 32.7 Å². The van der Waals surface area contributed by atoms with Crippen LogP contribution in [0.1, 0.15) is 30.6 Å². The average Bonchev–Trinajstić information content (AvgIpc) is 2.47. The lowest BCUT2D eigenvalue weighted by atomic mass is 10.1. The summed E-state index contributed by atoms with van der Waals surface area (Å²) in [5.41, 5.74) is 0.795. The van der Waals surface area contributed by atoms with E-state index in [0.29, 0.717) is 12.6 Å². The summed E-state index contributed by atoms with van der Waals surface area (Å²) in [6.45, 7) is 9.16. The van der Waals surface area contributed by atoms with E-state index in [1.807, 2.05) is 24.3 Å². The molecule has 0 spiro atoms. The fourth-order valence-electron chi connectivity index (χ4n) is 2.58. The van der Waals surface area contributed by atoms with Crippen molar-refractivity contribution >= 4 is 21.7 Å². The van der Waals surface area contributed by atoms with Crippen molar-refractivity contribution in [3.8, 4) is 0 Å². The number of piperazine rings is 1. The highest BCUT2D eigenvalue weighted by molar-refractivity contribution is 9.10. The summed E-state index contributed by atoms with van der Waals surface area (Å²) in [5.74, 6) is 0.211. The maximum atomic E-state index is 12.3. The van der Waals surface area contributed by atoms with E-state index in [4.69, 9.17) is 0 Å². The van der Waals surface area contributed by atoms with Crippen LogP contribution in [0.2, 0.25) is 0 Å². The molecule has 0 aliphatic carbocycles. The smallest absolute Gasteiger partial charge is 0.176 e. The molecule has 0 aromatic heterocycles. The van der Waals surface area contributed by atoms with Crippen LogP contribution in [0.25, 0.3) is 0 Å². The molecular formula is C16H23BrN2O. The molecule has 3 nitrogen and oxygen atoms in total. The third-order valence-electron chi connectivity index (χ3n) is 4.13. The Morgan fingerprint density at radius 1 is 1.30 bits per heavy atom. The van der Waals surface area contributed by atoms with E-state index in [1.165, 1.54) is 6.42 Å². The molecule has 1 saturated heterocycles. The second-order valence-corrected chi connectivity index (χ2v) is 6.42. The second kappa shape index (κ2) is 7.34. The summed E-state index contributed by atoms with van der Waals surface area (Å²) in [6.07, 6.45) is 1.19. The monoisotopic (exact) mass is 338 g/mol. The minimum absolute atomic E-state index is 0.211. The summed E-state index contributed by atoms with van der Waals surface area (Å²) in [7, 11) is 0. The second-order valence-electron chi connectivity index (χ2n) is 5.50. The number of hydrogen-bond acceptors (Lipinski definition) is 3. The zero-order chi connectivity index (χ0) is 14.5. The Morgan fingerprint density at radius 2 is 2.00 bits per heavy atom. The molecule has 1 unspecified atom stereocenters. The van der Waals surface area contributed by atoms with Crippen molar-refractivity contribution in [1.82, 2.24) is 9.80 Å². The summed E-state index contributed by atoms with van der Waals surface area (Å²) >= 11 is 3.41. The average molecular weight is 339 g/mol. The van der Waals surface area contributed by atoms with Gasteiger partial charge in [-0.3, -0.25) is 14.6 Å². The molecule has 110 valence electrons. The minimum atomic E-state index is 0.211. The van der Waals surface area contributed by atoms with Gasteiger partial charge in [-0.25, -0.2) is 0 Å². The first-order valence-electron chi connectivity index (χ1n) is 7.35. The minimum Gasteiger partial charge on any atom is -0.298 e. The molecular weight excluding hydrogens is 316 g/mol. The largest absolute Gasteiger partial charge is 0.298 e. The highest BCUT2D eigenvalue weighted by atomic mass is 79.9. The van der Waals surface area contributed by atoms with Crippen LogP contribution in [0.4, 0.5) is 0 Å². The van der Waals surface area contributed by atoms with E-state index in [-0.39, 0.29) is 5.78 Å². The summed E-state index contributed by atoms with van der Waals surface area (Å²) in [4.78, 5) is 17.0. The number of hydrogen-bond donors (Lipinski definition) is 0. The number of benzene rings is 1. The number of ketones is 1. The fraction of sp³-hybridized carbons (Fsp3) is 0.562. The van der Waals surface area contributed by atoms with Crippen LogP contribution >= 0.6 is 15.9 Å². The number of halogens is 1. The van der Waals surface area contributed by atoms with Gasteiger partial charge in [0.15, 0.2) is 5.78 Å². The molecule has 0 saturated carbocycles. The molecule has 2 rings (SSSR count). The predicted molar refractivity (Wildman–Crippen MR) is 86.2 cm³/mol. The van der Waals surface area contributed by atoms with Crippen LogP contribution in [-0.2, 0) is 0 Å². The lowest BCUT2D eigenvalue weighted by Gasteiger charge is -2.37.